The van der Waals surface area contributed by atoms with Crippen LogP contribution in [-0.2, 0) is 28.9 Å². The van der Waals surface area contributed by atoms with Gasteiger partial charge in [-0.15, -0.1) is 0 Å². The summed E-state index contributed by atoms with van der Waals surface area (Å²) in [6.07, 6.45) is 2.53. The Balaban J connectivity index is 2.77. The van der Waals surface area contributed by atoms with Gasteiger partial charge in [0.2, 0.25) is 0 Å². The van der Waals surface area contributed by atoms with Gasteiger partial charge in [-0.25, -0.2) is 13.2 Å². The highest BCUT2D eigenvalue weighted by atomic mass is 32.2. The molecule has 176 valence electrons. The zero-order chi connectivity index (χ0) is 24.1. The molecule has 2 rings (SSSR count). The van der Waals surface area contributed by atoms with Crippen molar-refractivity contribution in [3.05, 3.63) is 35.0 Å². The third kappa shape index (κ3) is 5.55. The van der Waals surface area contributed by atoms with Crippen molar-refractivity contribution in [2.45, 2.75) is 37.5 Å². The smallest absolute Gasteiger partial charge is 0.336 e. The Morgan fingerprint density at radius 3 is 2.38 bits per heavy atom. The Kier molecular flexibility index (Phi) is 8.57. The molecule has 0 aliphatic carbocycles. The number of rotatable bonds is 9. The highest BCUT2D eigenvalue weighted by Gasteiger charge is 2.43. The van der Waals surface area contributed by atoms with E-state index in [0.717, 1.165) is 12.7 Å². The third-order valence-corrected chi connectivity index (χ3v) is 6.40. The number of methoxy groups -OCH3 is 2. The minimum atomic E-state index is -3.57. The summed E-state index contributed by atoms with van der Waals surface area (Å²) >= 11 is 0. The highest BCUT2D eigenvalue weighted by molar-refractivity contribution is 7.90. The molecule has 0 radical (unpaired) electrons. The van der Waals surface area contributed by atoms with Gasteiger partial charge in [0.15, 0.2) is 9.84 Å². The lowest BCUT2D eigenvalue weighted by Gasteiger charge is -2.32. The molecule has 2 atom stereocenters. The predicted octanol–water partition coefficient (Wildman–Crippen LogP) is 2.00. The van der Waals surface area contributed by atoms with Crippen LogP contribution in [0.25, 0.3) is 0 Å². The number of hydrogen-bond donors (Lipinski definition) is 1. The summed E-state index contributed by atoms with van der Waals surface area (Å²) in [6, 6.07) is 4.40. The number of nitrogens with two attached hydrogens (primary N) is 1. The van der Waals surface area contributed by atoms with E-state index in [1.165, 1.54) is 32.4 Å². The Hall–Kier alpha value is -2.72. The van der Waals surface area contributed by atoms with E-state index in [1.807, 2.05) is 0 Å². The van der Waals surface area contributed by atoms with Crippen LogP contribution in [0.5, 0.6) is 5.75 Å². The van der Waals surface area contributed by atoms with E-state index in [1.54, 1.807) is 13.8 Å². The SMILES string of the molecule is COC(=O)C1=C(C)N=C(C)C(C(=O)OC)C1c1cc(S(C)(=O)=O)ccc1OCCCCN. The molecule has 32 heavy (non-hydrogen) atoms. The fraction of sp³-hybridized carbons (Fsp3) is 0.500. The molecular formula is C22H30N2O7S. The van der Waals surface area contributed by atoms with E-state index in [0.29, 0.717) is 42.3 Å². The van der Waals surface area contributed by atoms with Crippen LogP contribution >= 0.6 is 0 Å². The van der Waals surface area contributed by atoms with Gasteiger partial charge in [0.1, 0.15) is 11.7 Å². The molecule has 0 fully saturated rings. The first-order chi connectivity index (χ1) is 15.1. The summed E-state index contributed by atoms with van der Waals surface area (Å²) in [5.41, 5.74) is 6.86. The van der Waals surface area contributed by atoms with Crippen molar-refractivity contribution in [3.63, 3.8) is 0 Å². The van der Waals surface area contributed by atoms with Crippen LogP contribution in [0.3, 0.4) is 0 Å². The van der Waals surface area contributed by atoms with E-state index in [2.05, 4.69) is 4.99 Å². The summed E-state index contributed by atoms with van der Waals surface area (Å²) in [4.78, 5) is 29.9. The molecule has 1 heterocycles. The number of carbonyl (C=O) groups excluding carboxylic acids is 2. The molecule has 0 aromatic heterocycles. The van der Waals surface area contributed by atoms with Crippen LogP contribution in [0.15, 0.2) is 39.4 Å². The second-order valence-corrected chi connectivity index (χ2v) is 9.55. The fourth-order valence-corrected chi connectivity index (χ4v) is 4.40. The van der Waals surface area contributed by atoms with E-state index in [9.17, 15) is 18.0 Å². The number of ether oxygens (including phenoxy) is 3. The standard InChI is InChI=1S/C22H30N2O7S/c1-13-18(21(25)29-3)20(19(14(2)24-13)22(26)30-4)16-12-15(32(5,27)28)8-9-17(16)31-11-7-6-10-23/h8-9,12,18,20H,6-7,10-11,23H2,1-5H3. The average Bonchev–Trinajstić information content (AvgIpc) is 2.74. The second kappa shape index (κ2) is 10.7. The minimum absolute atomic E-state index is 0.0347. The van der Waals surface area contributed by atoms with Crippen molar-refractivity contribution < 1.29 is 32.2 Å². The Morgan fingerprint density at radius 2 is 1.81 bits per heavy atom. The van der Waals surface area contributed by atoms with Crippen molar-refractivity contribution >= 4 is 27.5 Å². The first-order valence-electron chi connectivity index (χ1n) is 10.2. The van der Waals surface area contributed by atoms with E-state index in [-0.39, 0.29) is 10.5 Å². The average molecular weight is 467 g/mol. The zero-order valence-electron chi connectivity index (χ0n) is 19.0. The molecule has 0 bridgehead atoms. The lowest BCUT2D eigenvalue weighted by Crippen LogP contribution is -2.36. The molecule has 1 aliphatic rings. The maximum absolute atomic E-state index is 12.8. The monoisotopic (exact) mass is 466 g/mol. The number of hydrogen-bond acceptors (Lipinski definition) is 9. The number of sulfone groups is 1. The summed E-state index contributed by atoms with van der Waals surface area (Å²) in [6.45, 7) is 4.15. The van der Waals surface area contributed by atoms with E-state index >= 15 is 0 Å². The molecular weight excluding hydrogens is 436 g/mol. The van der Waals surface area contributed by atoms with E-state index in [4.69, 9.17) is 19.9 Å². The first kappa shape index (κ1) is 25.5. The van der Waals surface area contributed by atoms with Gasteiger partial charge in [-0.3, -0.25) is 9.79 Å². The molecule has 1 aromatic carbocycles. The number of unbranched alkanes of at least 4 members (excludes halogenated alkanes) is 1. The van der Waals surface area contributed by atoms with Crippen molar-refractivity contribution in [1.82, 2.24) is 0 Å². The molecule has 0 spiro atoms. The highest BCUT2D eigenvalue weighted by Crippen LogP contribution is 2.44. The van der Waals surface area contributed by atoms with Gasteiger partial charge in [0, 0.05) is 29.1 Å². The minimum Gasteiger partial charge on any atom is -0.493 e. The van der Waals surface area contributed by atoms with Crippen LogP contribution in [-0.4, -0.2) is 59.7 Å². The van der Waals surface area contributed by atoms with Crippen molar-refractivity contribution in [2.24, 2.45) is 16.6 Å². The fourth-order valence-electron chi connectivity index (χ4n) is 3.74. The number of benzene rings is 1. The van der Waals surface area contributed by atoms with Gasteiger partial charge in [-0.05, 0) is 51.4 Å². The molecule has 0 amide bonds. The zero-order valence-corrected chi connectivity index (χ0v) is 19.8. The number of carbonyl (C=O) groups is 2. The quantitative estimate of drug-likeness (QED) is 0.431. The first-order valence-corrected chi connectivity index (χ1v) is 12.0. The van der Waals surface area contributed by atoms with Crippen LogP contribution in [0.4, 0.5) is 0 Å². The van der Waals surface area contributed by atoms with Gasteiger partial charge in [-0.1, -0.05) is 0 Å². The van der Waals surface area contributed by atoms with Crippen molar-refractivity contribution in [2.75, 3.05) is 33.6 Å². The van der Waals surface area contributed by atoms with Crippen LogP contribution in [0, 0.1) is 5.92 Å². The second-order valence-electron chi connectivity index (χ2n) is 7.54. The molecule has 1 aromatic rings. The molecule has 0 saturated heterocycles. The molecule has 9 nitrogen and oxygen atoms in total. The topological polar surface area (TPSA) is 134 Å². The lowest BCUT2D eigenvalue weighted by atomic mass is 9.75. The van der Waals surface area contributed by atoms with Crippen LogP contribution < -0.4 is 10.5 Å². The van der Waals surface area contributed by atoms with Gasteiger partial charge < -0.3 is 19.9 Å². The van der Waals surface area contributed by atoms with Gasteiger partial charge >= 0.3 is 11.9 Å². The van der Waals surface area contributed by atoms with E-state index < -0.39 is 33.6 Å². The molecule has 2 N–H and O–H groups in total. The maximum Gasteiger partial charge on any atom is 0.336 e. The number of esters is 2. The summed E-state index contributed by atoms with van der Waals surface area (Å²) in [7, 11) is -1.10. The molecule has 10 heteroatoms. The van der Waals surface area contributed by atoms with Gasteiger partial charge in [0.05, 0.1) is 31.3 Å². The largest absolute Gasteiger partial charge is 0.493 e. The molecule has 1 aliphatic heterocycles. The van der Waals surface area contributed by atoms with Crippen LogP contribution in [0.2, 0.25) is 0 Å². The van der Waals surface area contributed by atoms with Crippen molar-refractivity contribution in [3.8, 4) is 5.75 Å². The number of aliphatic imine (C=N–C) groups is 1. The number of nitrogens with zero attached hydrogens (tertiary/aromatic N) is 1. The predicted molar refractivity (Wildman–Crippen MR) is 119 cm³/mol. The summed E-state index contributed by atoms with van der Waals surface area (Å²) in [5, 5.41) is 0. The Morgan fingerprint density at radius 1 is 1.12 bits per heavy atom. The van der Waals surface area contributed by atoms with Crippen LogP contribution in [0.1, 0.15) is 38.2 Å². The van der Waals surface area contributed by atoms with Crippen molar-refractivity contribution in [1.29, 1.82) is 0 Å². The Bertz CT molecular complexity index is 1040. The van der Waals surface area contributed by atoms with Gasteiger partial charge in [-0.2, -0.15) is 0 Å². The van der Waals surface area contributed by atoms with Gasteiger partial charge in [0.25, 0.3) is 0 Å². The summed E-state index contributed by atoms with van der Waals surface area (Å²) < 4.78 is 40.4. The lowest BCUT2D eigenvalue weighted by molar-refractivity contribution is -0.143. The third-order valence-electron chi connectivity index (χ3n) is 5.29. The molecule has 2 unspecified atom stereocenters. The normalized spacial score (nSPS) is 18.8. The summed E-state index contributed by atoms with van der Waals surface area (Å²) in [5.74, 6) is -2.78. The Labute approximate surface area is 188 Å². The maximum atomic E-state index is 12.8. The molecule has 0 saturated carbocycles. The number of allylic oxidation sites excluding steroid dienone is 1.